The van der Waals surface area contributed by atoms with Crippen molar-refractivity contribution in [3.8, 4) is 0 Å². The van der Waals surface area contributed by atoms with Crippen molar-refractivity contribution in [2.45, 2.75) is 26.0 Å². The summed E-state index contributed by atoms with van der Waals surface area (Å²) in [6, 6.07) is -1.29. The van der Waals surface area contributed by atoms with E-state index in [0.717, 1.165) is 4.90 Å². The SMILES string of the molecule is CCC(O)N(CCCNC(N)=O)C(N)=O. The molecule has 0 saturated carbocycles. The highest BCUT2D eigenvalue weighted by atomic mass is 16.3. The van der Waals surface area contributed by atoms with Crippen LogP contribution in [-0.4, -0.2) is 41.4 Å². The maximum atomic E-state index is 10.9. The molecule has 0 aromatic rings. The summed E-state index contributed by atoms with van der Waals surface area (Å²) in [5.41, 5.74) is 9.92. The minimum absolute atomic E-state index is 0.282. The number of aliphatic hydroxyl groups excluding tert-OH is 1. The van der Waals surface area contributed by atoms with E-state index in [2.05, 4.69) is 5.32 Å². The Morgan fingerprint density at radius 3 is 2.47 bits per heavy atom. The lowest BCUT2D eigenvalue weighted by atomic mass is 10.3. The van der Waals surface area contributed by atoms with Crippen LogP contribution >= 0.6 is 0 Å². The summed E-state index contributed by atoms with van der Waals surface area (Å²) in [5, 5.41) is 11.8. The van der Waals surface area contributed by atoms with E-state index in [4.69, 9.17) is 11.5 Å². The molecule has 15 heavy (non-hydrogen) atoms. The molecule has 0 bridgehead atoms. The average Bonchev–Trinajstić information content (AvgIpc) is 2.15. The summed E-state index contributed by atoms with van der Waals surface area (Å²) in [6.07, 6.45) is 0.0193. The van der Waals surface area contributed by atoms with Crippen LogP contribution in [0.2, 0.25) is 0 Å². The minimum atomic E-state index is -0.879. The number of carbonyl (C=O) groups excluding carboxylic acids is 2. The maximum Gasteiger partial charge on any atom is 0.316 e. The first-order chi connectivity index (χ1) is 6.99. The molecule has 0 aromatic carbocycles. The fourth-order valence-electron chi connectivity index (χ4n) is 1.09. The highest BCUT2D eigenvalue weighted by Crippen LogP contribution is 2.01. The van der Waals surface area contributed by atoms with Gasteiger partial charge in [-0.1, -0.05) is 6.92 Å². The minimum Gasteiger partial charge on any atom is -0.373 e. The third-order valence-electron chi connectivity index (χ3n) is 1.88. The lowest BCUT2D eigenvalue weighted by Crippen LogP contribution is -2.44. The van der Waals surface area contributed by atoms with Gasteiger partial charge in [0.1, 0.15) is 6.23 Å². The normalized spacial score (nSPS) is 11.9. The number of urea groups is 2. The van der Waals surface area contributed by atoms with Gasteiger partial charge in [-0.2, -0.15) is 0 Å². The van der Waals surface area contributed by atoms with Crippen molar-refractivity contribution in [2.75, 3.05) is 13.1 Å². The largest absolute Gasteiger partial charge is 0.373 e. The van der Waals surface area contributed by atoms with Crippen molar-refractivity contribution in [1.29, 1.82) is 0 Å². The number of nitrogens with one attached hydrogen (secondary N) is 1. The Morgan fingerprint density at radius 2 is 2.07 bits per heavy atom. The van der Waals surface area contributed by atoms with Crippen LogP contribution in [0, 0.1) is 0 Å². The number of aliphatic hydroxyl groups is 1. The molecule has 0 aliphatic rings. The lowest BCUT2D eigenvalue weighted by molar-refractivity contribution is 0.0307. The molecule has 0 aromatic heterocycles. The number of nitrogens with two attached hydrogens (primary N) is 2. The standard InChI is InChI=1S/C8H18N4O3/c1-2-6(13)12(8(10)15)5-3-4-11-7(9)14/h6,13H,2-5H2,1H3,(H2,10,15)(H3,9,11,14). The lowest BCUT2D eigenvalue weighted by Gasteiger charge is -2.25. The first-order valence-corrected chi connectivity index (χ1v) is 4.76. The molecule has 0 radical (unpaired) electrons. The molecular weight excluding hydrogens is 200 g/mol. The van der Waals surface area contributed by atoms with Crippen molar-refractivity contribution >= 4 is 12.1 Å². The van der Waals surface area contributed by atoms with Crippen molar-refractivity contribution in [1.82, 2.24) is 10.2 Å². The predicted octanol–water partition coefficient (Wildman–Crippen LogP) is -0.846. The zero-order valence-corrected chi connectivity index (χ0v) is 8.77. The van der Waals surface area contributed by atoms with Crippen LogP contribution in [0.1, 0.15) is 19.8 Å². The second kappa shape index (κ2) is 6.88. The van der Waals surface area contributed by atoms with Crippen LogP contribution in [0.15, 0.2) is 0 Å². The molecule has 0 aliphatic heterocycles. The number of hydrogen-bond acceptors (Lipinski definition) is 3. The van der Waals surface area contributed by atoms with E-state index >= 15 is 0 Å². The monoisotopic (exact) mass is 218 g/mol. The van der Waals surface area contributed by atoms with Gasteiger partial charge in [0, 0.05) is 13.1 Å². The van der Waals surface area contributed by atoms with Crippen LogP contribution in [-0.2, 0) is 0 Å². The molecule has 7 nitrogen and oxygen atoms in total. The molecule has 1 atom stereocenters. The van der Waals surface area contributed by atoms with Crippen LogP contribution in [0.4, 0.5) is 9.59 Å². The number of nitrogens with zero attached hydrogens (tertiary/aromatic N) is 1. The highest BCUT2D eigenvalue weighted by Gasteiger charge is 2.16. The Bertz CT molecular complexity index is 222. The van der Waals surface area contributed by atoms with E-state index in [1.807, 2.05) is 0 Å². The van der Waals surface area contributed by atoms with E-state index in [-0.39, 0.29) is 6.54 Å². The van der Waals surface area contributed by atoms with Crippen molar-refractivity contribution < 1.29 is 14.7 Å². The van der Waals surface area contributed by atoms with Crippen molar-refractivity contribution in [2.24, 2.45) is 11.5 Å². The van der Waals surface area contributed by atoms with Gasteiger partial charge in [-0.15, -0.1) is 0 Å². The summed E-state index contributed by atoms with van der Waals surface area (Å²) in [5.74, 6) is 0. The number of hydrogen-bond donors (Lipinski definition) is 4. The number of rotatable bonds is 6. The summed E-state index contributed by atoms with van der Waals surface area (Å²) < 4.78 is 0. The smallest absolute Gasteiger partial charge is 0.316 e. The second-order valence-electron chi connectivity index (χ2n) is 3.07. The Kier molecular flexibility index (Phi) is 6.19. The average molecular weight is 218 g/mol. The van der Waals surface area contributed by atoms with Crippen molar-refractivity contribution in [3.05, 3.63) is 0 Å². The first-order valence-electron chi connectivity index (χ1n) is 4.76. The zero-order chi connectivity index (χ0) is 11.8. The molecule has 0 aliphatic carbocycles. The molecule has 0 spiro atoms. The Morgan fingerprint density at radius 1 is 1.47 bits per heavy atom. The van der Waals surface area contributed by atoms with Gasteiger partial charge < -0.3 is 21.9 Å². The number of carbonyl (C=O) groups is 2. The summed E-state index contributed by atoms with van der Waals surface area (Å²) in [4.78, 5) is 22.4. The first kappa shape index (κ1) is 13.5. The molecule has 6 N–H and O–H groups in total. The summed E-state index contributed by atoms with van der Waals surface area (Å²) in [7, 11) is 0. The van der Waals surface area contributed by atoms with Gasteiger partial charge in [0.05, 0.1) is 0 Å². The molecule has 0 rings (SSSR count). The Labute approximate surface area is 88.4 Å². The van der Waals surface area contributed by atoms with Crippen LogP contribution < -0.4 is 16.8 Å². The van der Waals surface area contributed by atoms with E-state index in [0.29, 0.717) is 19.4 Å². The molecule has 0 heterocycles. The van der Waals surface area contributed by atoms with Gasteiger partial charge in [-0.25, -0.2) is 9.59 Å². The number of amides is 4. The second-order valence-corrected chi connectivity index (χ2v) is 3.07. The molecule has 88 valence electrons. The zero-order valence-electron chi connectivity index (χ0n) is 8.77. The van der Waals surface area contributed by atoms with E-state index < -0.39 is 18.3 Å². The summed E-state index contributed by atoms with van der Waals surface area (Å²) >= 11 is 0. The predicted molar refractivity (Wildman–Crippen MR) is 54.8 cm³/mol. The summed E-state index contributed by atoms with van der Waals surface area (Å²) in [6.45, 7) is 2.36. The molecular formula is C8H18N4O3. The van der Waals surface area contributed by atoms with Gasteiger partial charge in [0.25, 0.3) is 0 Å². The fraction of sp³-hybridized carbons (Fsp3) is 0.750. The molecule has 0 saturated heterocycles. The van der Waals surface area contributed by atoms with E-state index in [1.165, 1.54) is 0 Å². The van der Waals surface area contributed by atoms with Crippen LogP contribution in [0.3, 0.4) is 0 Å². The van der Waals surface area contributed by atoms with E-state index in [9.17, 15) is 14.7 Å². The van der Waals surface area contributed by atoms with Gasteiger partial charge in [-0.3, -0.25) is 4.90 Å². The van der Waals surface area contributed by atoms with Gasteiger partial charge in [-0.05, 0) is 12.8 Å². The fourth-order valence-corrected chi connectivity index (χ4v) is 1.09. The number of primary amides is 2. The highest BCUT2D eigenvalue weighted by molar-refractivity contribution is 5.72. The van der Waals surface area contributed by atoms with Crippen LogP contribution in [0.5, 0.6) is 0 Å². The molecule has 1 unspecified atom stereocenters. The van der Waals surface area contributed by atoms with E-state index in [1.54, 1.807) is 6.92 Å². The molecule has 0 fully saturated rings. The quantitative estimate of drug-likeness (QED) is 0.343. The molecule has 7 heteroatoms. The third-order valence-corrected chi connectivity index (χ3v) is 1.88. The third kappa shape index (κ3) is 5.74. The van der Waals surface area contributed by atoms with Gasteiger partial charge in [0.15, 0.2) is 0 Å². The molecule has 4 amide bonds. The topological polar surface area (TPSA) is 122 Å². The van der Waals surface area contributed by atoms with Crippen LogP contribution in [0.25, 0.3) is 0 Å². The maximum absolute atomic E-state index is 10.9. The Balaban J connectivity index is 3.87. The Hall–Kier alpha value is -1.50. The van der Waals surface area contributed by atoms with Crippen molar-refractivity contribution in [3.63, 3.8) is 0 Å². The van der Waals surface area contributed by atoms with Gasteiger partial charge >= 0.3 is 12.1 Å². The van der Waals surface area contributed by atoms with Gasteiger partial charge in [0.2, 0.25) is 0 Å².